The van der Waals surface area contributed by atoms with E-state index in [1.165, 1.54) is 4.31 Å². The molecule has 0 radical (unpaired) electrons. The van der Waals surface area contributed by atoms with Crippen molar-refractivity contribution in [3.63, 3.8) is 0 Å². The Hall–Kier alpha value is -0.700. The van der Waals surface area contributed by atoms with Gasteiger partial charge in [-0.05, 0) is 25.7 Å². The number of rotatable bonds is 7. The number of piperidine rings is 1. The number of ether oxygens (including phenoxy) is 1. The Morgan fingerprint density at radius 1 is 1.38 bits per heavy atom. The van der Waals surface area contributed by atoms with Crippen molar-refractivity contribution in [1.29, 1.82) is 0 Å². The lowest BCUT2D eigenvalue weighted by molar-refractivity contribution is -0.149. The first-order valence-corrected chi connectivity index (χ1v) is 8.88. The molecule has 1 heterocycles. The van der Waals surface area contributed by atoms with Gasteiger partial charge in [-0.15, -0.1) is 0 Å². The van der Waals surface area contributed by atoms with Gasteiger partial charge in [-0.25, -0.2) is 4.72 Å². The van der Waals surface area contributed by atoms with E-state index in [0.717, 1.165) is 0 Å². The average molecular weight is 321 g/mol. The van der Waals surface area contributed by atoms with E-state index in [4.69, 9.17) is 10.5 Å². The second kappa shape index (κ2) is 8.07. The average Bonchev–Trinajstić information content (AvgIpc) is 2.45. The Bertz CT molecular complexity index is 431. The van der Waals surface area contributed by atoms with Crippen molar-refractivity contribution in [3.8, 4) is 0 Å². The van der Waals surface area contributed by atoms with E-state index in [1.807, 2.05) is 13.8 Å². The molecule has 1 rings (SSSR count). The molecule has 0 aromatic heterocycles. The van der Waals surface area contributed by atoms with Crippen molar-refractivity contribution in [2.75, 3.05) is 26.2 Å². The van der Waals surface area contributed by atoms with Crippen molar-refractivity contribution in [2.24, 2.45) is 17.6 Å². The first-order chi connectivity index (χ1) is 9.77. The summed E-state index contributed by atoms with van der Waals surface area (Å²) in [5.41, 5.74) is 5.84. The summed E-state index contributed by atoms with van der Waals surface area (Å²) < 4.78 is 33.2. The standard InChI is InChI=1S/C13H27N3O4S/c1-4-20-13(17)11-5-7-16(8-6-11)21(18,19)15-9-12(14)10(2)3/h10-12,15H,4-9,14H2,1-3H3. The number of nitrogens with one attached hydrogen (secondary N) is 1. The summed E-state index contributed by atoms with van der Waals surface area (Å²) in [5.74, 6) is -0.221. The minimum atomic E-state index is -3.52. The highest BCUT2D eigenvalue weighted by Gasteiger charge is 2.31. The number of carbonyl (C=O) groups excluding carboxylic acids is 1. The molecule has 0 aromatic rings. The molecule has 0 amide bonds. The molecule has 1 aliphatic heterocycles. The molecule has 0 spiro atoms. The smallest absolute Gasteiger partial charge is 0.309 e. The molecule has 0 bridgehead atoms. The second-order valence-corrected chi connectivity index (χ2v) is 7.44. The van der Waals surface area contributed by atoms with Gasteiger partial charge in [-0.3, -0.25) is 4.79 Å². The van der Waals surface area contributed by atoms with Gasteiger partial charge in [0.1, 0.15) is 0 Å². The van der Waals surface area contributed by atoms with Crippen LogP contribution in [0.1, 0.15) is 33.6 Å². The molecule has 7 nitrogen and oxygen atoms in total. The zero-order valence-corrected chi connectivity index (χ0v) is 13.9. The third-order valence-corrected chi connectivity index (χ3v) is 5.35. The molecule has 8 heteroatoms. The van der Waals surface area contributed by atoms with Gasteiger partial charge in [0.25, 0.3) is 10.2 Å². The summed E-state index contributed by atoms with van der Waals surface area (Å²) in [6.07, 6.45) is 0.992. The normalized spacial score (nSPS) is 19.7. The molecule has 0 saturated carbocycles. The predicted octanol–water partition coefficient (Wildman–Crippen LogP) is 0.0792. The van der Waals surface area contributed by atoms with E-state index >= 15 is 0 Å². The molecular weight excluding hydrogens is 294 g/mol. The summed E-state index contributed by atoms with van der Waals surface area (Å²) in [4.78, 5) is 11.6. The Kier molecular flexibility index (Phi) is 7.05. The minimum Gasteiger partial charge on any atom is -0.466 e. The molecule has 0 aromatic carbocycles. The van der Waals surface area contributed by atoms with Gasteiger partial charge in [0.15, 0.2) is 0 Å². The van der Waals surface area contributed by atoms with Crippen LogP contribution in [0.25, 0.3) is 0 Å². The van der Waals surface area contributed by atoms with Crippen LogP contribution in [-0.4, -0.2) is 51.0 Å². The SMILES string of the molecule is CCOC(=O)C1CCN(S(=O)(=O)NCC(N)C(C)C)CC1. The highest BCUT2D eigenvalue weighted by atomic mass is 32.2. The lowest BCUT2D eigenvalue weighted by Gasteiger charge is -2.30. The predicted molar refractivity (Wildman–Crippen MR) is 80.7 cm³/mol. The van der Waals surface area contributed by atoms with Gasteiger partial charge in [0.2, 0.25) is 0 Å². The molecule has 1 atom stereocenters. The number of hydrogen-bond donors (Lipinski definition) is 2. The largest absolute Gasteiger partial charge is 0.466 e. The highest BCUT2D eigenvalue weighted by Crippen LogP contribution is 2.20. The van der Waals surface area contributed by atoms with E-state index in [2.05, 4.69) is 4.72 Å². The molecule has 3 N–H and O–H groups in total. The molecule has 1 fully saturated rings. The van der Waals surface area contributed by atoms with Gasteiger partial charge < -0.3 is 10.5 Å². The fourth-order valence-electron chi connectivity index (χ4n) is 2.12. The zero-order chi connectivity index (χ0) is 16.0. The molecular formula is C13H27N3O4S. The molecule has 21 heavy (non-hydrogen) atoms. The number of carbonyl (C=O) groups is 1. The Morgan fingerprint density at radius 2 is 1.95 bits per heavy atom. The molecule has 1 aliphatic rings. The lowest BCUT2D eigenvalue weighted by atomic mass is 9.98. The van der Waals surface area contributed by atoms with E-state index in [9.17, 15) is 13.2 Å². The van der Waals surface area contributed by atoms with Crippen molar-refractivity contribution < 1.29 is 17.9 Å². The van der Waals surface area contributed by atoms with Crippen LogP contribution in [0, 0.1) is 11.8 Å². The van der Waals surface area contributed by atoms with E-state index in [-0.39, 0.29) is 30.4 Å². The summed E-state index contributed by atoms with van der Waals surface area (Å²) in [6.45, 7) is 6.89. The van der Waals surface area contributed by atoms with Crippen LogP contribution in [0.15, 0.2) is 0 Å². The fraction of sp³-hybridized carbons (Fsp3) is 0.923. The van der Waals surface area contributed by atoms with Gasteiger partial charge in [0, 0.05) is 25.7 Å². The monoisotopic (exact) mass is 321 g/mol. The Morgan fingerprint density at radius 3 is 2.43 bits per heavy atom. The van der Waals surface area contributed by atoms with Crippen LogP contribution in [-0.2, 0) is 19.7 Å². The van der Waals surface area contributed by atoms with E-state index in [1.54, 1.807) is 6.92 Å². The first-order valence-electron chi connectivity index (χ1n) is 7.44. The van der Waals surface area contributed by atoms with Crippen molar-refractivity contribution in [1.82, 2.24) is 9.03 Å². The van der Waals surface area contributed by atoms with Crippen LogP contribution < -0.4 is 10.5 Å². The second-order valence-electron chi connectivity index (χ2n) is 5.69. The maximum absolute atomic E-state index is 12.2. The Labute approximate surface area is 127 Å². The van der Waals surface area contributed by atoms with E-state index in [0.29, 0.717) is 32.5 Å². The molecule has 1 saturated heterocycles. The van der Waals surface area contributed by atoms with Crippen LogP contribution in [0.2, 0.25) is 0 Å². The van der Waals surface area contributed by atoms with Gasteiger partial charge in [0.05, 0.1) is 12.5 Å². The van der Waals surface area contributed by atoms with Gasteiger partial charge in [-0.1, -0.05) is 13.8 Å². The van der Waals surface area contributed by atoms with Gasteiger partial charge >= 0.3 is 5.97 Å². The van der Waals surface area contributed by atoms with Crippen LogP contribution in [0.5, 0.6) is 0 Å². The van der Waals surface area contributed by atoms with Gasteiger partial charge in [-0.2, -0.15) is 12.7 Å². The van der Waals surface area contributed by atoms with Crippen molar-refractivity contribution in [2.45, 2.75) is 39.7 Å². The maximum Gasteiger partial charge on any atom is 0.309 e. The summed E-state index contributed by atoms with van der Waals surface area (Å²) >= 11 is 0. The Balaban J connectivity index is 2.47. The highest BCUT2D eigenvalue weighted by molar-refractivity contribution is 7.87. The number of esters is 1. The third kappa shape index (κ3) is 5.54. The molecule has 124 valence electrons. The lowest BCUT2D eigenvalue weighted by Crippen LogP contribution is -2.49. The van der Waals surface area contributed by atoms with E-state index < -0.39 is 10.2 Å². The summed E-state index contributed by atoms with van der Waals surface area (Å²) in [7, 11) is -3.52. The minimum absolute atomic E-state index is 0.200. The molecule has 1 unspecified atom stereocenters. The third-order valence-electron chi connectivity index (χ3n) is 3.77. The maximum atomic E-state index is 12.2. The van der Waals surface area contributed by atoms with Crippen LogP contribution >= 0.6 is 0 Å². The number of nitrogens with two attached hydrogens (primary N) is 1. The molecule has 0 aliphatic carbocycles. The quantitative estimate of drug-likeness (QED) is 0.647. The summed E-state index contributed by atoms with van der Waals surface area (Å²) in [5, 5.41) is 0. The van der Waals surface area contributed by atoms with Crippen LogP contribution in [0.4, 0.5) is 0 Å². The van der Waals surface area contributed by atoms with Crippen molar-refractivity contribution in [3.05, 3.63) is 0 Å². The first kappa shape index (κ1) is 18.3. The number of hydrogen-bond acceptors (Lipinski definition) is 5. The van der Waals surface area contributed by atoms with Crippen LogP contribution in [0.3, 0.4) is 0 Å². The zero-order valence-electron chi connectivity index (χ0n) is 13.0. The summed E-state index contributed by atoms with van der Waals surface area (Å²) in [6, 6.07) is -0.211. The fourth-order valence-corrected chi connectivity index (χ4v) is 3.40. The number of nitrogens with zero attached hydrogens (tertiary/aromatic N) is 1. The topological polar surface area (TPSA) is 102 Å². The van der Waals surface area contributed by atoms with Crippen molar-refractivity contribution >= 4 is 16.2 Å².